The van der Waals surface area contributed by atoms with Gasteiger partial charge < -0.3 is 20.4 Å². The van der Waals surface area contributed by atoms with Crippen molar-refractivity contribution in [1.29, 1.82) is 0 Å². The summed E-state index contributed by atoms with van der Waals surface area (Å²) < 4.78 is 21.6. The van der Waals surface area contributed by atoms with Gasteiger partial charge in [0.15, 0.2) is 0 Å². The number of hydrogen-bond acceptors (Lipinski definition) is 5. The second-order valence-electron chi connectivity index (χ2n) is 9.94. The summed E-state index contributed by atoms with van der Waals surface area (Å²) in [6.07, 6.45) is 1.47. The SMILES string of the molecule is C[C@@H](Sc1ccc(NC(=O)/C(=C/c2ccc(-c3ccc(Br)cc3)o2)NC(=O)c2ccccc2)cc1)C(=O)Nc1ccc(Br)cc1F. The molecule has 0 bridgehead atoms. The summed E-state index contributed by atoms with van der Waals surface area (Å²) in [5, 5.41) is 7.59. The number of rotatable bonds is 10. The van der Waals surface area contributed by atoms with Crippen molar-refractivity contribution in [2.24, 2.45) is 0 Å². The van der Waals surface area contributed by atoms with Gasteiger partial charge in [-0.05, 0) is 85.8 Å². The molecule has 0 saturated carbocycles. The predicted octanol–water partition coefficient (Wildman–Crippen LogP) is 9.14. The summed E-state index contributed by atoms with van der Waals surface area (Å²) >= 11 is 7.90. The van der Waals surface area contributed by atoms with E-state index in [2.05, 4.69) is 47.8 Å². The summed E-state index contributed by atoms with van der Waals surface area (Å²) in [5.41, 5.74) is 1.79. The van der Waals surface area contributed by atoms with Gasteiger partial charge >= 0.3 is 0 Å². The number of benzene rings is 4. The Balaban J connectivity index is 1.28. The van der Waals surface area contributed by atoms with Crippen LogP contribution in [0.1, 0.15) is 23.0 Å². The number of hydrogen-bond donors (Lipinski definition) is 3. The highest BCUT2D eigenvalue weighted by molar-refractivity contribution is 9.10. The first-order valence-electron chi connectivity index (χ1n) is 13.9. The zero-order valence-corrected chi connectivity index (χ0v) is 28.2. The molecule has 0 fully saturated rings. The predicted molar refractivity (Wildman–Crippen MR) is 187 cm³/mol. The molecule has 1 aromatic heterocycles. The molecule has 232 valence electrons. The summed E-state index contributed by atoms with van der Waals surface area (Å²) in [7, 11) is 0. The Kier molecular flexibility index (Phi) is 10.9. The first kappa shape index (κ1) is 32.9. The molecule has 0 spiro atoms. The zero-order chi connectivity index (χ0) is 32.6. The molecular formula is C35H26Br2FN3O4S. The molecule has 5 aromatic rings. The van der Waals surface area contributed by atoms with E-state index < -0.39 is 22.9 Å². The van der Waals surface area contributed by atoms with Gasteiger partial charge in [-0.3, -0.25) is 14.4 Å². The lowest BCUT2D eigenvalue weighted by molar-refractivity contribution is -0.115. The monoisotopic (exact) mass is 761 g/mol. The van der Waals surface area contributed by atoms with Crippen LogP contribution in [-0.4, -0.2) is 23.0 Å². The lowest BCUT2D eigenvalue weighted by Gasteiger charge is -2.14. The van der Waals surface area contributed by atoms with E-state index in [0.29, 0.717) is 27.2 Å². The van der Waals surface area contributed by atoms with E-state index >= 15 is 0 Å². The first-order chi connectivity index (χ1) is 22.1. The van der Waals surface area contributed by atoms with Crippen LogP contribution in [0.15, 0.2) is 133 Å². The number of anilines is 2. The van der Waals surface area contributed by atoms with Gasteiger partial charge in [-0.1, -0.05) is 62.2 Å². The molecule has 0 radical (unpaired) electrons. The number of amides is 3. The van der Waals surface area contributed by atoms with Crippen molar-refractivity contribution in [3.63, 3.8) is 0 Å². The smallest absolute Gasteiger partial charge is 0.272 e. The minimum absolute atomic E-state index is 0.0190. The molecule has 46 heavy (non-hydrogen) atoms. The topological polar surface area (TPSA) is 100 Å². The van der Waals surface area contributed by atoms with Crippen molar-refractivity contribution in [3.8, 4) is 11.3 Å². The highest BCUT2D eigenvalue weighted by atomic mass is 79.9. The van der Waals surface area contributed by atoms with Gasteiger partial charge in [-0.25, -0.2) is 4.39 Å². The molecule has 0 aliphatic carbocycles. The molecule has 0 aliphatic rings. The fourth-order valence-corrected chi connectivity index (χ4v) is 5.65. The molecule has 1 atom stereocenters. The molecule has 7 nitrogen and oxygen atoms in total. The van der Waals surface area contributed by atoms with Crippen LogP contribution in [0.2, 0.25) is 0 Å². The Labute approximate surface area is 285 Å². The maximum absolute atomic E-state index is 14.1. The molecule has 1 heterocycles. The normalized spacial score (nSPS) is 11.9. The number of carbonyl (C=O) groups is 3. The van der Waals surface area contributed by atoms with Crippen molar-refractivity contribution >= 4 is 78.8 Å². The van der Waals surface area contributed by atoms with Crippen molar-refractivity contribution in [3.05, 3.63) is 141 Å². The average molecular weight is 763 g/mol. The van der Waals surface area contributed by atoms with Gasteiger partial charge in [-0.2, -0.15) is 0 Å². The highest BCUT2D eigenvalue weighted by Gasteiger charge is 2.18. The molecule has 4 aromatic carbocycles. The third-order valence-electron chi connectivity index (χ3n) is 6.55. The van der Waals surface area contributed by atoms with E-state index in [1.54, 1.807) is 79.7 Å². The van der Waals surface area contributed by atoms with E-state index in [-0.39, 0.29) is 17.3 Å². The molecule has 0 unspecified atom stereocenters. The second kappa shape index (κ2) is 15.2. The number of carbonyl (C=O) groups excluding carboxylic acids is 3. The van der Waals surface area contributed by atoms with E-state index in [1.807, 2.05) is 24.3 Å². The summed E-state index contributed by atoms with van der Waals surface area (Å²) in [6.45, 7) is 1.72. The van der Waals surface area contributed by atoms with Gasteiger partial charge in [0.05, 0.1) is 10.9 Å². The fraction of sp³-hybridized carbons (Fsp3) is 0.0571. The zero-order valence-electron chi connectivity index (χ0n) is 24.2. The van der Waals surface area contributed by atoms with Gasteiger partial charge in [0, 0.05) is 36.7 Å². The minimum Gasteiger partial charge on any atom is -0.457 e. The van der Waals surface area contributed by atoms with Crippen molar-refractivity contribution in [1.82, 2.24) is 5.32 Å². The third-order valence-corrected chi connectivity index (χ3v) is 8.69. The number of nitrogens with one attached hydrogen (secondary N) is 3. The van der Waals surface area contributed by atoms with Crippen LogP contribution < -0.4 is 16.0 Å². The summed E-state index contributed by atoms with van der Waals surface area (Å²) in [4.78, 5) is 39.9. The Bertz CT molecular complexity index is 1900. The largest absolute Gasteiger partial charge is 0.457 e. The van der Waals surface area contributed by atoms with E-state index in [4.69, 9.17) is 4.42 Å². The van der Waals surface area contributed by atoms with Crippen LogP contribution in [0.5, 0.6) is 0 Å². The second-order valence-corrected chi connectivity index (χ2v) is 13.2. The average Bonchev–Trinajstić information content (AvgIpc) is 3.52. The van der Waals surface area contributed by atoms with E-state index in [0.717, 1.165) is 14.9 Å². The standard InChI is InChI=1S/C35H26Br2FN3O4S/c1-21(33(42)40-30-17-11-25(37)19-29(30)38)46-28-15-12-26(13-16-28)39-35(44)31(41-34(43)23-5-3-2-4-6-23)20-27-14-18-32(45-27)22-7-9-24(36)10-8-22/h2-21H,1H3,(H,39,44)(H,40,42)(H,41,43)/b31-20-/t21-/m1/s1. The van der Waals surface area contributed by atoms with Gasteiger partial charge in [0.1, 0.15) is 23.0 Å². The molecule has 0 saturated heterocycles. The quantitative estimate of drug-likeness (QED) is 0.0974. The molecule has 5 rings (SSSR count). The Morgan fingerprint density at radius 3 is 2.22 bits per heavy atom. The number of furan rings is 1. The van der Waals surface area contributed by atoms with Crippen LogP contribution in [0.4, 0.5) is 15.8 Å². The van der Waals surface area contributed by atoms with Crippen LogP contribution in [0.3, 0.4) is 0 Å². The van der Waals surface area contributed by atoms with E-state index in [1.165, 1.54) is 30.0 Å². The minimum atomic E-state index is -0.560. The molecular weight excluding hydrogens is 737 g/mol. The van der Waals surface area contributed by atoms with Crippen LogP contribution >= 0.6 is 43.6 Å². The Hall–Kier alpha value is -4.45. The highest BCUT2D eigenvalue weighted by Crippen LogP contribution is 2.28. The third kappa shape index (κ3) is 8.84. The maximum atomic E-state index is 14.1. The Morgan fingerprint density at radius 1 is 0.826 bits per heavy atom. The molecule has 11 heteroatoms. The van der Waals surface area contributed by atoms with Crippen LogP contribution in [0, 0.1) is 5.82 Å². The lowest BCUT2D eigenvalue weighted by Crippen LogP contribution is -2.30. The van der Waals surface area contributed by atoms with Crippen molar-refractivity contribution < 1.29 is 23.2 Å². The van der Waals surface area contributed by atoms with Gasteiger partial charge in [-0.15, -0.1) is 11.8 Å². The van der Waals surface area contributed by atoms with Gasteiger partial charge in [0.2, 0.25) is 5.91 Å². The lowest BCUT2D eigenvalue weighted by atomic mass is 10.2. The van der Waals surface area contributed by atoms with Crippen molar-refractivity contribution in [2.75, 3.05) is 10.6 Å². The van der Waals surface area contributed by atoms with Crippen LogP contribution in [0.25, 0.3) is 17.4 Å². The maximum Gasteiger partial charge on any atom is 0.272 e. The van der Waals surface area contributed by atoms with E-state index in [9.17, 15) is 18.8 Å². The summed E-state index contributed by atoms with van der Waals surface area (Å²) in [6, 6.07) is 31.0. The molecule has 3 amide bonds. The number of thioether (sulfide) groups is 1. The molecule has 3 N–H and O–H groups in total. The van der Waals surface area contributed by atoms with Crippen molar-refractivity contribution in [2.45, 2.75) is 17.1 Å². The number of halogens is 3. The Morgan fingerprint density at radius 2 is 1.52 bits per heavy atom. The molecule has 0 aliphatic heterocycles. The summed E-state index contributed by atoms with van der Waals surface area (Å²) in [5.74, 6) is -0.928. The van der Waals surface area contributed by atoms with Crippen LogP contribution in [-0.2, 0) is 9.59 Å². The first-order valence-corrected chi connectivity index (χ1v) is 16.4. The van der Waals surface area contributed by atoms with Gasteiger partial charge in [0.25, 0.3) is 11.8 Å². The fourth-order valence-electron chi connectivity index (χ4n) is 4.18.